The fraction of sp³-hybridized carbons (Fsp3) is 0.450. The van der Waals surface area contributed by atoms with E-state index in [9.17, 15) is 5.11 Å². The number of ether oxygens (including phenoxy) is 1. The highest BCUT2D eigenvalue weighted by Gasteiger charge is 2.56. The molecule has 2 bridgehead atoms. The monoisotopic (exact) mass is 411 g/mol. The van der Waals surface area contributed by atoms with Crippen molar-refractivity contribution < 1.29 is 14.2 Å². The predicted octanol–water partition coefficient (Wildman–Crippen LogP) is 2.21. The van der Waals surface area contributed by atoms with Crippen molar-refractivity contribution in [1.82, 2.24) is 35.5 Å². The Morgan fingerprint density at radius 3 is 2.83 bits per heavy atom. The molecule has 2 aromatic heterocycles. The lowest BCUT2D eigenvalue weighted by molar-refractivity contribution is -0.0119. The summed E-state index contributed by atoms with van der Waals surface area (Å²) < 4.78 is 22.3. The molecular formula is C20H22FN7O2. The maximum atomic E-state index is 15.0. The summed E-state index contributed by atoms with van der Waals surface area (Å²) in [4.78, 5) is 4.19. The van der Waals surface area contributed by atoms with Crippen molar-refractivity contribution in [2.24, 2.45) is 0 Å². The van der Waals surface area contributed by atoms with Gasteiger partial charge < -0.3 is 15.2 Å². The van der Waals surface area contributed by atoms with Crippen LogP contribution in [-0.2, 0) is 0 Å². The molecule has 2 fully saturated rings. The molecule has 2 aliphatic heterocycles. The van der Waals surface area contributed by atoms with Crippen LogP contribution in [0.15, 0.2) is 36.8 Å². The van der Waals surface area contributed by atoms with Crippen LogP contribution in [0.4, 0.5) is 4.39 Å². The third-order valence-corrected chi connectivity index (χ3v) is 6.11. The molecule has 0 aliphatic carbocycles. The number of phenols is 1. The molecule has 4 atom stereocenters. The number of hydrogen-bond acceptors (Lipinski definition) is 8. The number of fused-ring (bicyclic) bond motifs is 2. The van der Waals surface area contributed by atoms with E-state index in [0.717, 1.165) is 12.8 Å². The van der Waals surface area contributed by atoms with Crippen molar-refractivity contribution >= 4 is 0 Å². The van der Waals surface area contributed by atoms with Crippen molar-refractivity contribution in [2.75, 3.05) is 0 Å². The van der Waals surface area contributed by atoms with Gasteiger partial charge in [-0.1, -0.05) is 10.3 Å². The first kappa shape index (κ1) is 18.9. The van der Waals surface area contributed by atoms with Gasteiger partial charge in [0.2, 0.25) is 0 Å². The third-order valence-electron chi connectivity index (χ3n) is 6.11. The topological polar surface area (TPSA) is 111 Å². The summed E-state index contributed by atoms with van der Waals surface area (Å²) in [6, 6.07) is 5.05. The second-order valence-corrected chi connectivity index (χ2v) is 8.54. The number of benzene rings is 1. The van der Waals surface area contributed by atoms with Gasteiger partial charge in [0.1, 0.15) is 17.5 Å². The molecule has 0 amide bonds. The summed E-state index contributed by atoms with van der Waals surface area (Å²) >= 11 is 0. The van der Waals surface area contributed by atoms with Crippen LogP contribution in [-0.4, -0.2) is 58.6 Å². The van der Waals surface area contributed by atoms with Crippen LogP contribution in [0.3, 0.4) is 0 Å². The summed E-state index contributed by atoms with van der Waals surface area (Å²) in [6.45, 7) is 3.99. The molecule has 30 heavy (non-hydrogen) atoms. The first-order chi connectivity index (χ1) is 14.4. The molecule has 2 aliphatic rings. The van der Waals surface area contributed by atoms with Gasteiger partial charge in [-0.15, -0.1) is 10.2 Å². The average molecular weight is 411 g/mol. The molecule has 9 nitrogen and oxygen atoms in total. The number of aromatic nitrogens is 6. The Labute approximate surface area is 172 Å². The first-order valence-corrected chi connectivity index (χ1v) is 9.85. The van der Waals surface area contributed by atoms with Crippen molar-refractivity contribution in [3.63, 3.8) is 0 Å². The fourth-order valence-corrected chi connectivity index (χ4v) is 4.57. The van der Waals surface area contributed by atoms with E-state index in [1.54, 1.807) is 30.6 Å². The highest BCUT2D eigenvalue weighted by atomic mass is 19.1. The van der Waals surface area contributed by atoms with Crippen LogP contribution in [0.25, 0.3) is 16.9 Å². The highest BCUT2D eigenvalue weighted by molar-refractivity contribution is 5.67. The number of phenolic OH excluding ortho intramolecular Hbond substituents is 1. The van der Waals surface area contributed by atoms with E-state index in [-0.39, 0.29) is 17.3 Å². The normalized spacial score (nSPS) is 30.4. The summed E-state index contributed by atoms with van der Waals surface area (Å²) in [7, 11) is 0. The summed E-state index contributed by atoms with van der Waals surface area (Å²) in [5.74, 6) is 0.00682. The lowest BCUT2D eigenvalue weighted by atomic mass is 9.85. The van der Waals surface area contributed by atoms with Crippen LogP contribution in [0.5, 0.6) is 11.8 Å². The van der Waals surface area contributed by atoms with Crippen LogP contribution >= 0.6 is 0 Å². The summed E-state index contributed by atoms with van der Waals surface area (Å²) in [5.41, 5.74) is 0.765. The van der Waals surface area contributed by atoms with Crippen molar-refractivity contribution in [2.45, 2.75) is 56.5 Å². The van der Waals surface area contributed by atoms with Gasteiger partial charge in [0.15, 0.2) is 6.17 Å². The highest BCUT2D eigenvalue weighted by Crippen LogP contribution is 2.44. The molecule has 2 N–H and O–H groups in total. The lowest BCUT2D eigenvalue weighted by Crippen LogP contribution is -2.63. The molecule has 0 radical (unpaired) electrons. The second kappa shape index (κ2) is 6.69. The molecule has 0 saturated carbocycles. The minimum absolute atomic E-state index is 0.00682. The molecule has 10 heteroatoms. The van der Waals surface area contributed by atoms with Gasteiger partial charge in [0.05, 0.1) is 29.8 Å². The van der Waals surface area contributed by atoms with Gasteiger partial charge >= 0.3 is 6.01 Å². The first-order valence-electron chi connectivity index (χ1n) is 9.85. The number of piperidine rings is 1. The molecule has 156 valence electrons. The minimum atomic E-state index is -1.16. The average Bonchev–Trinajstić information content (AvgIpc) is 3.34. The number of nitrogens with one attached hydrogen (secondary N) is 1. The Balaban J connectivity index is 1.34. The van der Waals surface area contributed by atoms with E-state index < -0.39 is 17.8 Å². The maximum absolute atomic E-state index is 15.0. The van der Waals surface area contributed by atoms with E-state index in [1.165, 1.54) is 10.9 Å². The number of rotatable bonds is 4. The predicted molar refractivity (Wildman–Crippen MR) is 105 cm³/mol. The van der Waals surface area contributed by atoms with Crippen molar-refractivity contribution in [3.05, 3.63) is 36.8 Å². The Bertz CT molecular complexity index is 1060. The minimum Gasteiger partial charge on any atom is -0.507 e. The Kier molecular flexibility index (Phi) is 4.21. The molecule has 0 spiro atoms. The number of halogens is 1. The number of hydrogen-bond donors (Lipinski definition) is 2. The lowest BCUT2D eigenvalue weighted by Gasteiger charge is -2.43. The molecule has 4 heterocycles. The van der Waals surface area contributed by atoms with Crippen LogP contribution in [0.2, 0.25) is 0 Å². The SMILES string of the molecule is C[C@@]12CC[C@@](C)(N1)[C@H](F)[C@@H](Oc1ncc(-c3ccc(-n4ccnn4)cc3O)nn1)C2. The van der Waals surface area contributed by atoms with Gasteiger partial charge in [0, 0.05) is 23.6 Å². The fourth-order valence-electron chi connectivity index (χ4n) is 4.57. The van der Waals surface area contributed by atoms with Crippen LogP contribution < -0.4 is 10.1 Å². The molecule has 2 saturated heterocycles. The van der Waals surface area contributed by atoms with Crippen molar-refractivity contribution in [3.8, 4) is 28.7 Å². The van der Waals surface area contributed by atoms with Crippen LogP contribution in [0, 0.1) is 0 Å². The Hall–Kier alpha value is -3.14. The van der Waals surface area contributed by atoms with Gasteiger partial charge in [-0.3, -0.25) is 0 Å². The quantitative estimate of drug-likeness (QED) is 0.672. The van der Waals surface area contributed by atoms with E-state index in [4.69, 9.17) is 4.74 Å². The van der Waals surface area contributed by atoms with Gasteiger partial charge in [0.25, 0.3) is 0 Å². The standard InChI is InChI=1S/C20H22FN7O2/c1-19-5-6-20(2,26-19)17(21)16(10-19)30-18-22-11-14(24-25-18)13-4-3-12(9-15(13)29)28-8-7-23-27-28/h3-4,7-9,11,16-17,26,29H,5-6,10H2,1-2H3/t16-,17+,19-,20+/m0/s1. The van der Waals surface area contributed by atoms with Crippen molar-refractivity contribution in [1.29, 1.82) is 0 Å². The zero-order valence-corrected chi connectivity index (χ0v) is 16.7. The van der Waals surface area contributed by atoms with E-state index >= 15 is 4.39 Å². The van der Waals surface area contributed by atoms with Gasteiger partial charge in [-0.2, -0.15) is 0 Å². The number of aromatic hydroxyl groups is 1. The van der Waals surface area contributed by atoms with Crippen LogP contribution in [0.1, 0.15) is 33.1 Å². The molecule has 0 unspecified atom stereocenters. The third kappa shape index (κ3) is 3.17. The largest absolute Gasteiger partial charge is 0.507 e. The van der Waals surface area contributed by atoms with E-state index in [1.807, 2.05) is 6.92 Å². The summed E-state index contributed by atoms with van der Waals surface area (Å²) in [5, 5.41) is 29.6. The summed E-state index contributed by atoms with van der Waals surface area (Å²) in [6.07, 6.45) is 5.11. The van der Waals surface area contributed by atoms with E-state index in [0.29, 0.717) is 23.4 Å². The maximum Gasteiger partial charge on any atom is 0.336 e. The number of nitrogens with zero attached hydrogens (tertiary/aromatic N) is 6. The number of alkyl halides is 1. The van der Waals surface area contributed by atoms with Gasteiger partial charge in [-0.05, 0) is 38.8 Å². The Morgan fingerprint density at radius 2 is 2.13 bits per heavy atom. The zero-order chi connectivity index (χ0) is 20.9. The van der Waals surface area contributed by atoms with E-state index in [2.05, 4.69) is 37.7 Å². The molecule has 3 aromatic rings. The smallest absolute Gasteiger partial charge is 0.336 e. The second-order valence-electron chi connectivity index (χ2n) is 8.54. The molecular weight excluding hydrogens is 389 g/mol. The molecule has 5 rings (SSSR count). The molecule has 1 aromatic carbocycles. The zero-order valence-electron chi connectivity index (χ0n) is 16.7. The Morgan fingerprint density at radius 1 is 1.27 bits per heavy atom. The van der Waals surface area contributed by atoms with Gasteiger partial charge in [-0.25, -0.2) is 14.1 Å².